The summed E-state index contributed by atoms with van der Waals surface area (Å²) in [4.78, 5) is 11.9. The Kier molecular flexibility index (Phi) is 3.91. The van der Waals surface area contributed by atoms with E-state index in [0.717, 1.165) is 0 Å². The fraction of sp³-hybridized carbons (Fsp3) is 0.267. The van der Waals surface area contributed by atoms with Crippen LogP contribution in [0, 0.1) is 0 Å². The predicted molar refractivity (Wildman–Crippen MR) is 76.4 cm³/mol. The van der Waals surface area contributed by atoms with Gasteiger partial charge < -0.3 is 19.2 Å². The minimum Gasteiger partial charge on any atom is -0.468 e. The molecule has 23 heavy (non-hydrogen) atoms. The van der Waals surface area contributed by atoms with E-state index < -0.39 is 6.29 Å². The van der Waals surface area contributed by atoms with E-state index in [1.165, 1.54) is 18.2 Å². The summed E-state index contributed by atoms with van der Waals surface area (Å²) in [6, 6.07) is 7.47. The quantitative estimate of drug-likeness (QED) is 0.885. The Balaban J connectivity index is 1.55. The second-order valence-electron chi connectivity index (χ2n) is 5.00. The van der Waals surface area contributed by atoms with Crippen LogP contribution in [0.1, 0.15) is 18.7 Å². The number of amides is 1. The van der Waals surface area contributed by atoms with Gasteiger partial charge in [0.15, 0.2) is 11.5 Å². The highest BCUT2D eigenvalue weighted by Gasteiger charge is 2.43. The molecule has 0 spiro atoms. The molecule has 0 saturated heterocycles. The second-order valence-corrected chi connectivity index (χ2v) is 5.00. The maximum absolute atomic E-state index is 12.9. The molecule has 1 aliphatic heterocycles. The summed E-state index contributed by atoms with van der Waals surface area (Å²) in [6.45, 7) is 1.89. The molecule has 122 valence electrons. The monoisotopic (exact) mass is 324 g/mol. The Labute approximate surface area is 130 Å². The van der Waals surface area contributed by atoms with Gasteiger partial charge in [0.1, 0.15) is 5.76 Å². The van der Waals surface area contributed by atoms with Gasteiger partial charge in [-0.15, -0.1) is 8.78 Å². The first-order valence-electron chi connectivity index (χ1n) is 6.89. The smallest absolute Gasteiger partial charge is 0.468 e. The average Bonchev–Trinajstić information content (AvgIpc) is 3.10. The first kappa shape index (κ1) is 15.3. The number of hydrogen-bond acceptors (Lipinski definition) is 5. The Hall–Kier alpha value is -2.61. The van der Waals surface area contributed by atoms with Crippen LogP contribution in [0.15, 0.2) is 41.0 Å². The van der Waals surface area contributed by atoms with E-state index in [4.69, 9.17) is 4.42 Å². The van der Waals surface area contributed by atoms with E-state index in [9.17, 15) is 13.6 Å². The van der Waals surface area contributed by atoms with E-state index in [1.807, 2.05) is 6.92 Å². The lowest BCUT2D eigenvalue weighted by atomic mass is 10.2. The van der Waals surface area contributed by atoms with Gasteiger partial charge in [-0.25, -0.2) is 0 Å². The van der Waals surface area contributed by atoms with Crippen LogP contribution in [0.4, 0.5) is 14.5 Å². The number of rotatable bonds is 5. The number of anilines is 1. The number of halogens is 2. The van der Waals surface area contributed by atoms with Gasteiger partial charge in [-0.2, -0.15) is 0 Å². The number of benzene rings is 1. The summed E-state index contributed by atoms with van der Waals surface area (Å²) < 4.78 is 39.7. The zero-order valence-electron chi connectivity index (χ0n) is 12.1. The Morgan fingerprint density at radius 3 is 2.78 bits per heavy atom. The molecule has 0 aliphatic carbocycles. The molecule has 1 amide bonds. The van der Waals surface area contributed by atoms with Crippen LogP contribution in [0.3, 0.4) is 0 Å². The lowest BCUT2D eigenvalue weighted by Crippen LogP contribution is -2.29. The van der Waals surface area contributed by atoms with Crippen LogP contribution in [0.2, 0.25) is 0 Å². The summed E-state index contributed by atoms with van der Waals surface area (Å²) in [5.74, 6) is 0.194. The number of ether oxygens (including phenoxy) is 2. The summed E-state index contributed by atoms with van der Waals surface area (Å²) in [5.41, 5.74) is 0.336. The molecular formula is C15H14F2N2O4. The van der Waals surface area contributed by atoms with E-state index in [0.29, 0.717) is 11.4 Å². The van der Waals surface area contributed by atoms with Gasteiger partial charge in [0.05, 0.1) is 18.8 Å². The second kappa shape index (κ2) is 5.88. The number of furan rings is 1. The highest BCUT2D eigenvalue weighted by molar-refractivity contribution is 5.92. The summed E-state index contributed by atoms with van der Waals surface area (Å²) >= 11 is 0. The highest BCUT2D eigenvalue weighted by atomic mass is 19.3. The first-order valence-corrected chi connectivity index (χ1v) is 6.89. The van der Waals surface area contributed by atoms with Gasteiger partial charge >= 0.3 is 6.29 Å². The highest BCUT2D eigenvalue weighted by Crippen LogP contribution is 2.42. The van der Waals surface area contributed by atoms with E-state index in [2.05, 4.69) is 20.1 Å². The van der Waals surface area contributed by atoms with E-state index in [-0.39, 0.29) is 30.0 Å². The Bertz CT molecular complexity index is 704. The fourth-order valence-electron chi connectivity index (χ4n) is 2.12. The number of carbonyl (C=O) groups is 1. The van der Waals surface area contributed by atoms with Gasteiger partial charge in [0, 0.05) is 11.8 Å². The van der Waals surface area contributed by atoms with E-state index >= 15 is 0 Å². The van der Waals surface area contributed by atoms with E-state index in [1.54, 1.807) is 18.4 Å². The molecule has 0 bridgehead atoms. The van der Waals surface area contributed by atoms with Crippen molar-refractivity contribution in [3.63, 3.8) is 0 Å². The first-order chi connectivity index (χ1) is 10.9. The molecule has 1 aromatic carbocycles. The number of fused-ring (bicyclic) bond motifs is 1. The van der Waals surface area contributed by atoms with Crippen molar-refractivity contribution in [2.45, 2.75) is 19.3 Å². The molecule has 2 heterocycles. The molecule has 2 N–H and O–H groups in total. The SMILES string of the molecule is C[C@@H](NCC(=O)Nc1ccc2c(c1)OC(F)(F)O2)c1ccco1. The molecule has 1 aromatic heterocycles. The predicted octanol–water partition coefficient (Wildman–Crippen LogP) is 2.89. The minimum absolute atomic E-state index is 0.0342. The molecule has 1 atom stereocenters. The Morgan fingerprint density at radius 2 is 2.04 bits per heavy atom. The topological polar surface area (TPSA) is 72.7 Å². The minimum atomic E-state index is -3.68. The van der Waals surface area contributed by atoms with Crippen LogP contribution in [0.25, 0.3) is 0 Å². The van der Waals surface area contributed by atoms with Gasteiger partial charge in [0.2, 0.25) is 5.91 Å². The van der Waals surface area contributed by atoms with Crippen LogP contribution in [-0.2, 0) is 4.79 Å². The third-order valence-electron chi connectivity index (χ3n) is 3.22. The normalized spacial score (nSPS) is 16.1. The number of carbonyl (C=O) groups excluding carboxylic acids is 1. The van der Waals surface area contributed by atoms with Gasteiger partial charge in [-0.3, -0.25) is 10.1 Å². The van der Waals surface area contributed by atoms with Crippen molar-refractivity contribution >= 4 is 11.6 Å². The largest absolute Gasteiger partial charge is 0.586 e. The zero-order valence-corrected chi connectivity index (χ0v) is 12.1. The summed E-state index contributed by atoms with van der Waals surface area (Å²) in [7, 11) is 0. The molecule has 2 aromatic rings. The molecule has 6 nitrogen and oxygen atoms in total. The lowest BCUT2D eigenvalue weighted by Gasteiger charge is -2.11. The molecule has 3 rings (SSSR count). The molecule has 0 saturated carbocycles. The van der Waals surface area contributed by atoms with Gasteiger partial charge in [-0.1, -0.05) is 0 Å². The van der Waals surface area contributed by atoms with Crippen LogP contribution < -0.4 is 20.1 Å². The lowest BCUT2D eigenvalue weighted by molar-refractivity contribution is -0.286. The molecular weight excluding hydrogens is 310 g/mol. The molecule has 0 fully saturated rings. The van der Waals surface area contributed by atoms with Gasteiger partial charge in [0.25, 0.3) is 0 Å². The average molecular weight is 324 g/mol. The van der Waals surface area contributed by atoms with Crippen molar-refractivity contribution in [1.82, 2.24) is 5.32 Å². The fourth-order valence-corrected chi connectivity index (χ4v) is 2.12. The molecule has 0 unspecified atom stereocenters. The number of nitrogens with one attached hydrogen (secondary N) is 2. The third-order valence-corrected chi connectivity index (χ3v) is 3.22. The molecule has 0 radical (unpaired) electrons. The number of hydrogen-bond donors (Lipinski definition) is 2. The zero-order chi connectivity index (χ0) is 16.4. The van der Waals surface area contributed by atoms with Crippen molar-refractivity contribution in [3.8, 4) is 11.5 Å². The van der Waals surface area contributed by atoms with Crippen molar-refractivity contribution in [3.05, 3.63) is 42.4 Å². The maximum atomic E-state index is 12.9. The maximum Gasteiger partial charge on any atom is 0.586 e. The summed E-state index contributed by atoms with van der Waals surface area (Å²) in [5, 5.41) is 5.58. The van der Waals surface area contributed by atoms with Crippen molar-refractivity contribution in [2.75, 3.05) is 11.9 Å². The Morgan fingerprint density at radius 1 is 1.26 bits per heavy atom. The number of alkyl halides is 2. The van der Waals surface area contributed by atoms with Crippen LogP contribution >= 0.6 is 0 Å². The third kappa shape index (κ3) is 3.59. The van der Waals surface area contributed by atoms with Crippen molar-refractivity contribution in [1.29, 1.82) is 0 Å². The van der Waals surface area contributed by atoms with Crippen LogP contribution in [0.5, 0.6) is 11.5 Å². The summed E-state index contributed by atoms with van der Waals surface area (Å²) in [6.07, 6.45) is -2.12. The van der Waals surface area contributed by atoms with Crippen molar-refractivity contribution < 1.29 is 27.5 Å². The van der Waals surface area contributed by atoms with Crippen molar-refractivity contribution in [2.24, 2.45) is 0 Å². The van der Waals surface area contributed by atoms with Gasteiger partial charge in [-0.05, 0) is 31.2 Å². The van der Waals surface area contributed by atoms with Crippen LogP contribution in [-0.4, -0.2) is 18.7 Å². The molecule has 1 aliphatic rings. The standard InChI is InChI=1S/C15H14F2N2O4/c1-9(11-3-2-6-21-11)18-8-14(20)19-10-4-5-12-13(7-10)23-15(16,17)22-12/h2-7,9,18H,8H2,1H3,(H,19,20)/t9-/m1/s1. The molecule has 8 heteroatoms.